The maximum Gasteiger partial charge on any atom is 0.249 e. The molecule has 4 rings (SSSR count). The summed E-state index contributed by atoms with van der Waals surface area (Å²) < 4.78 is 5.53. The fraction of sp³-hybridized carbons (Fsp3) is 0.478. The first kappa shape index (κ1) is 22.0. The number of nitrogens with one attached hydrogen (secondary N) is 2. The number of methoxy groups -OCH3 is 1. The smallest absolute Gasteiger partial charge is 0.249 e. The van der Waals surface area contributed by atoms with Gasteiger partial charge in [0, 0.05) is 18.7 Å². The predicted molar refractivity (Wildman–Crippen MR) is 124 cm³/mol. The topological polar surface area (TPSA) is 105 Å². The highest BCUT2D eigenvalue weighted by molar-refractivity contribution is 6.04. The van der Waals surface area contributed by atoms with Crippen molar-refractivity contribution in [2.45, 2.75) is 51.1 Å². The van der Waals surface area contributed by atoms with E-state index in [0.717, 1.165) is 42.0 Å². The normalized spacial score (nSPS) is 19.0. The van der Waals surface area contributed by atoms with Gasteiger partial charge in [0.2, 0.25) is 18.6 Å². The maximum atomic E-state index is 13.0. The Balaban J connectivity index is 1.69. The first-order chi connectivity index (χ1) is 15.6. The van der Waals surface area contributed by atoms with Crippen LogP contribution in [0.1, 0.15) is 44.6 Å². The number of aromatic nitrogens is 2. The number of amides is 1. The molecule has 1 aliphatic heterocycles. The molecular formula is C23H31N6O3+. The number of carbonyl (C=O) groups excluding carboxylic acids is 1. The summed E-state index contributed by atoms with van der Waals surface area (Å²) >= 11 is 0. The van der Waals surface area contributed by atoms with E-state index in [1.54, 1.807) is 31.5 Å². The zero-order valence-corrected chi connectivity index (χ0v) is 18.8. The summed E-state index contributed by atoms with van der Waals surface area (Å²) in [6.45, 7) is 1.91. The third-order valence-corrected chi connectivity index (χ3v) is 6.24. The summed E-state index contributed by atoms with van der Waals surface area (Å²) in [5, 5.41) is 12.2. The van der Waals surface area contributed by atoms with Crippen molar-refractivity contribution in [2.75, 3.05) is 36.0 Å². The lowest BCUT2D eigenvalue weighted by atomic mass is 10.0. The molecule has 0 radical (unpaired) electrons. The maximum absolute atomic E-state index is 13.0. The van der Waals surface area contributed by atoms with Crippen molar-refractivity contribution < 1.29 is 19.6 Å². The Morgan fingerprint density at radius 2 is 2.12 bits per heavy atom. The molecule has 0 spiro atoms. The molecule has 32 heavy (non-hydrogen) atoms. The number of likely N-dealkylation sites (N-methyl/N-ethyl adjacent to an activating group) is 1. The average molecular weight is 440 g/mol. The van der Waals surface area contributed by atoms with Crippen LogP contribution in [0.15, 0.2) is 24.4 Å². The lowest BCUT2D eigenvalue weighted by molar-refractivity contribution is -0.496. The largest absolute Gasteiger partial charge is 0.495 e. The number of anilines is 4. The van der Waals surface area contributed by atoms with E-state index in [1.807, 2.05) is 18.2 Å². The third-order valence-electron chi connectivity index (χ3n) is 6.24. The Morgan fingerprint density at radius 3 is 2.81 bits per heavy atom. The summed E-state index contributed by atoms with van der Waals surface area (Å²) in [7, 11) is 3.40. The van der Waals surface area contributed by atoms with Crippen molar-refractivity contribution in [3.63, 3.8) is 0 Å². The van der Waals surface area contributed by atoms with Crippen LogP contribution in [0.25, 0.3) is 0 Å². The number of ether oxygens (including phenoxy) is 1. The van der Waals surface area contributed by atoms with E-state index < -0.39 is 0 Å². The Morgan fingerprint density at radius 1 is 1.34 bits per heavy atom. The lowest BCUT2D eigenvalue weighted by Crippen LogP contribution is -2.69. The molecule has 1 aliphatic carbocycles. The molecule has 9 heteroatoms. The van der Waals surface area contributed by atoms with Gasteiger partial charge in [-0.05, 0) is 37.5 Å². The SMILES string of the molecule is CC[C@@H]1C(=O)N(C)c2cnc(Nc3ccc(C=[NH+]CO)cc3OC)nc2N1C1CCCC1. The molecule has 1 amide bonds. The van der Waals surface area contributed by atoms with Gasteiger partial charge in [-0.3, -0.25) is 4.79 Å². The number of nitrogens with zero attached hydrogens (tertiary/aromatic N) is 4. The highest BCUT2D eigenvalue weighted by Crippen LogP contribution is 2.40. The van der Waals surface area contributed by atoms with Crippen LogP contribution < -0.4 is 24.8 Å². The molecular weight excluding hydrogens is 408 g/mol. The lowest BCUT2D eigenvalue weighted by Gasteiger charge is -2.43. The van der Waals surface area contributed by atoms with E-state index in [4.69, 9.17) is 14.8 Å². The van der Waals surface area contributed by atoms with Crippen molar-refractivity contribution in [3.8, 4) is 5.75 Å². The van der Waals surface area contributed by atoms with Crippen molar-refractivity contribution in [2.24, 2.45) is 0 Å². The Kier molecular flexibility index (Phi) is 6.55. The molecule has 1 saturated carbocycles. The monoisotopic (exact) mass is 439 g/mol. The van der Waals surface area contributed by atoms with E-state index >= 15 is 0 Å². The summed E-state index contributed by atoms with van der Waals surface area (Å²) in [5.74, 6) is 1.99. The molecule has 9 nitrogen and oxygen atoms in total. The van der Waals surface area contributed by atoms with E-state index in [1.165, 1.54) is 12.8 Å². The van der Waals surface area contributed by atoms with Gasteiger partial charge in [0.1, 0.15) is 17.5 Å². The molecule has 1 aromatic carbocycles. The molecule has 1 fully saturated rings. The van der Waals surface area contributed by atoms with E-state index in [0.29, 0.717) is 17.7 Å². The van der Waals surface area contributed by atoms with Gasteiger partial charge >= 0.3 is 0 Å². The first-order valence-electron chi connectivity index (χ1n) is 11.1. The average Bonchev–Trinajstić information content (AvgIpc) is 3.34. The zero-order chi connectivity index (χ0) is 22.7. The minimum atomic E-state index is -0.207. The van der Waals surface area contributed by atoms with Crippen LogP contribution in [0.3, 0.4) is 0 Å². The van der Waals surface area contributed by atoms with Crippen LogP contribution in [0.2, 0.25) is 0 Å². The second kappa shape index (κ2) is 9.52. The van der Waals surface area contributed by atoms with E-state index in [9.17, 15) is 4.79 Å². The number of fused-ring (bicyclic) bond motifs is 1. The minimum Gasteiger partial charge on any atom is -0.495 e. The van der Waals surface area contributed by atoms with Crippen LogP contribution in [0.4, 0.5) is 23.1 Å². The van der Waals surface area contributed by atoms with Crippen LogP contribution in [-0.2, 0) is 4.79 Å². The van der Waals surface area contributed by atoms with Crippen LogP contribution in [0.5, 0.6) is 5.75 Å². The fourth-order valence-corrected chi connectivity index (χ4v) is 4.63. The number of aliphatic hydroxyl groups excluding tert-OH is 1. The Labute approximate surface area is 188 Å². The Hall–Kier alpha value is -3.20. The van der Waals surface area contributed by atoms with Gasteiger partial charge in [0.25, 0.3) is 0 Å². The quantitative estimate of drug-likeness (QED) is 0.440. The van der Waals surface area contributed by atoms with Crippen molar-refractivity contribution in [3.05, 3.63) is 30.0 Å². The van der Waals surface area contributed by atoms with Crippen LogP contribution >= 0.6 is 0 Å². The summed E-state index contributed by atoms with van der Waals surface area (Å²) in [6, 6.07) is 5.75. The fourth-order valence-electron chi connectivity index (χ4n) is 4.63. The molecule has 170 valence electrons. The minimum absolute atomic E-state index is 0.0983. The standard InChI is InChI=1S/C23H30N6O3/c1-4-18-22(31)28(2)19-13-25-23(27-21(19)29(18)16-7-5-6-8-16)26-17-10-9-15(12-24-14-30)11-20(17)32-3/h9-13,16,18,30H,4-8,14H2,1-3H3,(H,25,26,27)/p+1/t18-/m1/s1. The summed E-state index contributed by atoms with van der Waals surface area (Å²) in [6.07, 6.45) is 8.67. The van der Waals surface area contributed by atoms with Gasteiger partial charge in [-0.1, -0.05) is 19.8 Å². The van der Waals surface area contributed by atoms with E-state index in [-0.39, 0.29) is 18.7 Å². The highest BCUT2D eigenvalue weighted by Gasteiger charge is 2.41. The van der Waals surface area contributed by atoms with Gasteiger partial charge in [0.05, 0.1) is 19.0 Å². The molecule has 2 aliphatic rings. The molecule has 1 atom stereocenters. The van der Waals surface area contributed by atoms with Crippen molar-refractivity contribution in [1.29, 1.82) is 0 Å². The van der Waals surface area contributed by atoms with Crippen molar-refractivity contribution in [1.82, 2.24) is 9.97 Å². The highest BCUT2D eigenvalue weighted by atomic mass is 16.5. The summed E-state index contributed by atoms with van der Waals surface area (Å²) in [4.78, 5) is 29.0. The predicted octanol–water partition coefficient (Wildman–Crippen LogP) is 1.18. The number of hydrogen-bond acceptors (Lipinski definition) is 7. The number of benzene rings is 1. The van der Waals surface area contributed by atoms with Gasteiger partial charge in [-0.2, -0.15) is 4.98 Å². The van der Waals surface area contributed by atoms with Crippen LogP contribution in [0, 0.1) is 0 Å². The van der Waals surface area contributed by atoms with Gasteiger partial charge in [0.15, 0.2) is 12.0 Å². The molecule has 0 unspecified atom stereocenters. The number of rotatable bonds is 7. The van der Waals surface area contributed by atoms with Gasteiger partial charge < -0.3 is 25.0 Å². The molecule has 0 bridgehead atoms. The van der Waals surface area contributed by atoms with Gasteiger partial charge in [-0.15, -0.1) is 0 Å². The van der Waals surface area contributed by atoms with E-state index in [2.05, 4.69) is 27.1 Å². The Bertz CT molecular complexity index is 1010. The molecule has 2 heterocycles. The summed E-state index contributed by atoms with van der Waals surface area (Å²) in [5.41, 5.74) is 2.34. The number of hydrogen-bond donors (Lipinski definition) is 3. The first-order valence-corrected chi connectivity index (χ1v) is 11.1. The number of aliphatic hydroxyl groups is 1. The van der Waals surface area contributed by atoms with Gasteiger partial charge in [-0.25, -0.2) is 9.98 Å². The molecule has 0 saturated heterocycles. The second-order valence-corrected chi connectivity index (χ2v) is 8.16. The molecule has 3 N–H and O–H groups in total. The van der Waals surface area contributed by atoms with Crippen molar-refractivity contribution >= 4 is 35.3 Å². The molecule has 1 aromatic heterocycles. The third kappa shape index (κ3) is 4.12. The number of carbonyl (C=O) groups is 1. The zero-order valence-electron chi connectivity index (χ0n) is 18.8. The van der Waals surface area contributed by atoms with Crippen LogP contribution in [-0.4, -0.2) is 60.2 Å². The molecule has 2 aromatic rings. The second-order valence-electron chi connectivity index (χ2n) is 8.16.